The van der Waals surface area contributed by atoms with Crippen LogP contribution in [0, 0.1) is 5.41 Å². The van der Waals surface area contributed by atoms with Gasteiger partial charge in [0.05, 0.1) is 13.2 Å². The lowest BCUT2D eigenvalue weighted by molar-refractivity contribution is -0.143. The van der Waals surface area contributed by atoms with Crippen molar-refractivity contribution in [1.82, 2.24) is 4.90 Å². The van der Waals surface area contributed by atoms with E-state index < -0.39 is 0 Å². The maximum Gasteiger partial charge on any atom is 0.228 e. The van der Waals surface area contributed by atoms with Crippen LogP contribution in [0.25, 0.3) is 11.1 Å². The molecule has 1 saturated heterocycles. The van der Waals surface area contributed by atoms with E-state index in [4.69, 9.17) is 4.74 Å². The van der Waals surface area contributed by atoms with Crippen molar-refractivity contribution < 1.29 is 9.53 Å². The third-order valence-electron chi connectivity index (χ3n) is 5.81. The summed E-state index contributed by atoms with van der Waals surface area (Å²) in [6, 6.07) is 15.2. The summed E-state index contributed by atoms with van der Waals surface area (Å²) in [6.07, 6.45) is 2.15. The van der Waals surface area contributed by atoms with Gasteiger partial charge in [-0.25, -0.2) is 0 Å². The molecular formula is C23H27NO2. The number of piperidine rings is 1. The number of hydrogen-bond donors (Lipinski definition) is 0. The molecule has 2 bridgehead atoms. The first kappa shape index (κ1) is 17.1. The molecule has 1 heterocycles. The van der Waals surface area contributed by atoms with Crippen LogP contribution in [0.5, 0.6) is 5.75 Å². The smallest absolute Gasteiger partial charge is 0.228 e. The molecule has 2 aliphatic rings. The van der Waals surface area contributed by atoms with Crippen LogP contribution in [0.15, 0.2) is 42.5 Å². The van der Waals surface area contributed by atoms with Crippen LogP contribution in [-0.2, 0) is 4.79 Å². The molecule has 2 atom stereocenters. The number of methoxy groups -OCH3 is 1. The van der Waals surface area contributed by atoms with Crippen LogP contribution in [-0.4, -0.2) is 24.5 Å². The Morgan fingerprint density at radius 1 is 1.04 bits per heavy atom. The predicted octanol–water partition coefficient (Wildman–Crippen LogP) is 5.17. The van der Waals surface area contributed by atoms with E-state index in [1.165, 1.54) is 22.3 Å². The van der Waals surface area contributed by atoms with Gasteiger partial charge in [-0.3, -0.25) is 4.79 Å². The standard InChI is InChI=1S/C23H27NO2/c1-23(2,3)22(25)24-12-11-17-14-21(24)20-13-16(7-10-19(17)20)15-5-8-18(26-4)9-6-15/h5-10,13,17,21H,11-12,14H2,1-4H3/t17-,21?/m1/s1. The Hall–Kier alpha value is -2.29. The summed E-state index contributed by atoms with van der Waals surface area (Å²) in [6.45, 7) is 6.93. The molecule has 26 heavy (non-hydrogen) atoms. The highest BCUT2D eigenvalue weighted by molar-refractivity contribution is 5.82. The molecule has 3 heteroatoms. The normalized spacial score (nSPS) is 21.5. The summed E-state index contributed by atoms with van der Waals surface area (Å²) in [5, 5.41) is 0. The molecule has 1 unspecified atom stereocenters. The molecule has 3 nitrogen and oxygen atoms in total. The predicted molar refractivity (Wildman–Crippen MR) is 104 cm³/mol. The number of fused-ring (bicyclic) bond motifs is 5. The SMILES string of the molecule is COc1ccc(-c2ccc3c(c2)C2C[C@H]3CCN2C(=O)C(C)(C)C)cc1. The molecule has 1 amide bonds. The van der Waals surface area contributed by atoms with Gasteiger partial charge in [-0.2, -0.15) is 0 Å². The second-order valence-electron chi connectivity index (χ2n) is 8.56. The molecule has 1 aliphatic carbocycles. The van der Waals surface area contributed by atoms with E-state index >= 15 is 0 Å². The first-order chi connectivity index (χ1) is 12.4. The summed E-state index contributed by atoms with van der Waals surface area (Å²) in [5.74, 6) is 1.74. The number of carbonyl (C=O) groups is 1. The second-order valence-corrected chi connectivity index (χ2v) is 8.56. The molecule has 0 aromatic heterocycles. The van der Waals surface area contributed by atoms with E-state index in [1.807, 2.05) is 32.9 Å². The van der Waals surface area contributed by atoms with Gasteiger partial charge in [-0.1, -0.05) is 45.0 Å². The molecule has 2 aromatic rings. The molecule has 1 aliphatic heterocycles. The number of rotatable bonds is 2. The fraction of sp³-hybridized carbons (Fsp3) is 0.435. The maximum absolute atomic E-state index is 13.0. The van der Waals surface area contributed by atoms with Gasteiger partial charge in [0, 0.05) is 12.0 Å². The first-order valence-electron chi connectivity index (χ1n) is 9.48. The minimum Gasteiger partial charge on any atom is -0.497 e. The zero-order valence-corrected chi connectivity index (χ0v) is 16.1. The van der Waals surface area contributed by atoms with Crippen LogP contribution in [0.1, 0.15) is 56.7 Å². The minimum atomic E-state index is -0.330. The fourth-order valence-electron chi connectivity index (χ4n) is 4.41. The van der Waals surface area contributed by atoms with Crippen molar-refractivity contribution in [3.05, 3.63) is 53.6 Å². The van der Waals surface area contributed by atoms with E-state index in [-0.39, 0.29) is 17.4 Å². The number of hydrogen-bond acceptors (Lipinski definition) is 2. The lowest BCUT2D eigenvalue weighted by Gasteiger charge is -2.37. The van der Waals surface area contributed by atoms with Crippen molar-refractivity contribution in [2.24, 2.45) is 5.41 Å². The van der Waals surface area contributed by atoms with E-state index in [1.54, 1.807) is 7.11 Å². The van der Waals surface area contributed by atoms with Gasteiger partial charge in [0.15, 0.2) is 0 Å². The summed E-state index contributed by atoms with van der Waals surface area (Å²) in [5.41, 5.74) is 4.85. The van der Waals surface area contributed by atoms with Crippen LogP contribution in [0.3, 0.4) is 0 Å². The number of ether oxygens (including phenoxy) is 1. The van der Waals surface area contributed by atoms with Crippen molar-refractivity contribution in [2.45, 2.75) is 45.6 Å². The third-order valence-corrected chi connectivity index (χ3v) is 5.81. The summed E-state index contributed by atoms with van der Waals surface area (Å²) in [7, 11) is 1.69. The molecule has 0 saturated carbocycles. The van der Waals surface area contributed by atoms with Crippen molar-refractivity contribution >= 4 is 5.91 Å². The summed E-state index contributed by atoms with van der Waals surface area (Å²) in [4.78, 5) is 15.1. The highest BCUT2D eigenvalue weighted by Crippen LogP contribution is 2.50. The lowest BCUT2D eigenvalue weighted by Crippen LogP contribution is -2.43. The number of nitrogens with zero attached hydrogens (tertiary/aromatic N) is 1. The summed E-state index contributed by atoms with van der Waals surface area (Å²) < 4.78 is 5.26. The van der Waals surface area contributed by atoms with Crippen molar-refractivity contribution in [3.8, 4) is 16.9 Å². The average Bonchev–Trinajstić information content (AvgIpc) is 2.93. The molecule has 2 aromatic carbocycles. The minimum absolute atomic E-state index is 0.230. The highest BCUT2D eigenvalue weighted by atomic mass is 16.5. The van der Waals surface area contributed by atoms with Crippen molar-refractivity contribution in [2.75, 3.05) is 13.7 Å². The first-order valence-corrected chi connectivity index (χ1v) is 9.48. The van der Waals surface area contributed by atoms with Crippen LogP contribution in [0.4, 0.5) is 0 Å². The molecule has 4 rings (SSSR count). The molecular weight excluding hydrogens is 322 g/mol. The van der Waals surface area contributed by atoms with E-state index in [9.17, 15) is 4.79 Å². The monoisotopic (exact) mass is 349 g/mol. The largest absolute Gasteiger partial charge is 0.497 e. The quantitative estimate of drug-likeness (QED) is 0.748. The molecule has 0 radical (unpaired) electrons. The van der Waals surface area contributed by atoms with Gasteiger partial charge in [0.2, 0.25) is 5.91 Å². The average molecular weight is 349 g/mol. The van der Waals surface area contributed by atoms with Gasteiger partial charge in [0.25, 0.3) is 0 Å². The van der Waals surface area contributed by atoms with Gasteiger partial charge >= 0.3 is 0 Å². The van der Waals surface area contributed by atoms with Crippen LogP contribution < -0.4 is 4.74 Å². The van der Waals surface area contributed by atoms with Gasteiger partial charge < -0.3 is 9.64 Å². The maximum atomic E-state index is 13.0. The Bertz CT molecular complexity index is 832. The fourth-order valence-corrected chi connectivity index (χ4v) is 4.41. The number of benzene rings is 2. The molecule has 0 N–H and O–H groups in total. The zero-order chi connectivity index (χ0) is 18.5. The Labute approximate surface area is 156 Å². The molecule has 1 fully saturated rings. The van der Waals surface area contributed by atoms with Crippen LogP contribution >= 0.6 is 0 Å². The van der Waals surface area contributed by atoms with E-state index in [0.717, 1.165) is 25.1 Å². The number of carbonyl (C=O) groups excluding carboxylic acids is 1. The van der Waals surface area contributed by atoms with E-state index in [2.05, 4.69) is 35.2 Å². The van der Waals surface area contributed by atoms with Gasteiger partial charge in [-0.05, 0) is 59.2 Å². The Morgan fingerprint density at radius 2 is 1.73 bits per heavy atom. The third kappa shape index (κ3) is 2.80. The number of likely N-dealkylation sites (tertiary alicyclic amines) is 1. The molecule has 0 spiro atoms. The van der Waals surface area contributed by atoms with Gasteiger partial charge in [-0.15, -0.1) is 0 Å². The molecule has 136 valence electrons. The number of amides is 1. The van der Waals surface area contributed by atoms with E-state index in [0.29, 0.717) is 5.92 Å². The Kier molecular flexibility index (Phi) is 4.06. The van der Waals surface area contributed by atoms with Crippen LogP contribution in [0.2, 0.25) is 0 Å². The van der Waals surface area contributed by atoms with Crippen molar-refractivity contribution in [1.29, 1.82) is 0 Å². The Balaban J connectivity index is 1.70. The van der Waals surface area contributed by atoms with Gasteiger partial charge in [0.1, 0.15) is 5.75 Å². The lowest BCUT2D eigenvalue weighted by atomic mass is 9.90. The topological polar surface area (TPSA) is 29.5 Å². The summed E-state index contributed by atoms with van der Waals surface area (Å²) >= 11 is 0. The second kappa shape index (κ2) is 6.15. The Morgan fingerprint density at radius 3 is 2.38 bits per heavy atom. The zero-order valence-electron chi connectivity index (χ0n) is 16.1. The highest BCUT2D eigenvalue weighted by Gasteiger charge is 2.43. The van der Waals surface area contributed by atoms with Crippen molar-refractivity contribution in [3.63, 3.8) is 0 Å².